The van der Waals surface area contributed by atoms with Crippen molar-refractivity contribution >= 4 is 5.91 Å². The number of hydrogen-bond acceptors (Lipinski definition) is 4. The minimum Gasteiger partial charge on any atom is -0.339 e. The van der Waals surface area contributed by atoms with Crippen molar-refractivity contribution in [2.24, 2.45) is 0 Å². The van der Waals surface area contributed by atoms with Crippen molar-refractivity contribution in [1.29, 1.82) is 0 Å². The molecule has 2 heterocycles. The van der Waals surface area contributed by atoms with E-state index in [0.717, 1.165) is 11.1 Å². The highest BCUT2D eigenvalue weighted by Gasteiger charge is 2.34. The van der Waals surface area contributed by atoms with Gasteiger partial charge in [0.25, 0.3) is 0 Å². The molecule has 1 saturated heterocycles. The first-order chi connectivity index (χ1) is 13.0. The second kappa shape index (κ2) is 6.99. The Morgan fingerprint density at radius 2 is 1.96 bits per heavy atom. The smallest absolute Gasteiger partial charge is 0.232 e. The van der Waals surface area contributed by atoms with E-state index in [1.165, 1.54) is 16.7 Å². The molecule has 1 unspecified atom stereocenters. The van der Waals surface area contributed by atoms with Crippen LogP contribution in [0.25, 0.3) is 11.4 Å². The summed E-state index contributed by atoms with van der Waals surface area (Å²) in [5, 5.41) is 4.13. The third kappa shape index (κ3) is 3.63. The molecule has 0 radical (unpaired) electrons. The van der Waals surface area contributed by atoms with Gasteiger partial charge in [-0.25, -0.2) is 0 Å². The molecule has 4 rings (SSSR count). The summed E-state index contributed by atoms with van der Waals surface area (Å²) in [6, 6.07) is 14.4. The second-order valence-electron chi connectivity index (χ2n) is 7.42. The van der Waals surface area contributed by atoms with Gasteiger partial charge in [-0.1, -0.05) is 47.1 Å². The number of benzene rings is 2. The molecule has 1 aliphatic rings. The highest BCUT2D eigenvalue weighted by molar-refractivity contribution is 5.79. The predicted molar refractivity (Wildman–Crippen MR) is 103 cm³/mol. The van der Waals surface area contributed by atoms with Gasteiger partial charge in [-0.2, -0.15) is 4.98 Å². The average molecular weight is 361 g/mol. The van der Waals surface area contributed by atoms with Crippen molar-refractivity contribution < 1.29 is 9.32 Å². The largest absolute Gasteiger partial charge is 0.339 e. The van der Waals surface area contributed by atoms with Crippen LogP contribution in [0.3, 0.4) is 0 Å². The molecule has 1 fully saturated rings. The second-order valence-corrected chi connectivity index (χ2v) is 7.42. The van der Waals surface area contributed by atoms with Crippen LogP contribution in [0, 0.1) is 20.8 Å². The minimum absolute atomic E-state index is 0.0462. The van der Waals surface area contributed by atoms with Crippen LogP contribution in [0.5, 0.6) is 0 Å². The fourth-order valence-corrected chi connectivity index (χ4v) is 3.52. The van der Waals surface area contributed by atoms with E-state index in [1.807, 2.05) is 17.0 Å². The Morgan fingerprint density at radius 1 is 1.11 bits per heavy atom. The maximum Gasteiger partial charge on any atom is 0.232 e. The summed E-state index contributed by atoms with van der Waals surface area (Å²) in [6.07, 6.45) is 0.417. The van der Waals surface area contributed by atoms with Gasteiger partial charge in [0.15, 0.2) is 0 Å². The highest BCUT2D eigenvalue weighted by Crippen LogP contribution is 2.30. The molecule has 2 aromatic carbocycles. The molecular weight excluding hydrogens is 338 g/mol. The van der Waals surface area contributed by atoms with E-state index in [2.05, 4.69) is 61.2 Å². The molecule has 0 N–H and O–H groups in total. The van der Waals surface area contributed by atoms with E-state index in [4.69, 9.17) is 4.52 Å². The molecule has 1 aromatic heterocycles. The van der Waals surface area contributed by atoms with Crippen LogP contribution in [-0.4, -0.2) is 27.5 Å². The number of carbonyl (C=O) groups excluding carboxylic acids is 1. The van der Waals surface area contributed by atoms with Crippen molar-refractivity contribution in [2.45, 2.75) is 39.7 Å². The molecule has 5 nitrogen and oxygen atoms in total. The zero-order valence-corrected chi connectivity index (χ0v) is 15.9. The van der Waals surface area contributed by atoms with Crippen LogP contribution < -0.4 is 0 Å². The van der Waals surface area contributed by atoms with Gasteiger partial charge < -0.3 is 9.42 Å². The number of carbonyl (C=O) groups is 1. The molecule has 1 aliphatic heterocycles. The SMILES string of the molecule is Cc1cccc(CN2CC(c3nc(-c4ccc(C)c(C)c4)no3)CC2=O)c1. The van der Waals surface area contributed by atoms with Gasteiger partial charge in [-0.05, 0) is 43.5 Å². The number of aryl methyl sites for hydroxylation is 3. The summed E-state index contributed by atoms with van der Waals surface area (Å²) in [5.41, 5.74) is 5.71. The van der Waals surface area contributed by atoms with Gasteiger partial charge in [0, 0.05) is 25.1 Å². The Labute approximate surface area is 159 Å². The summed E-state index contributed by atoms with van der Waals surface area (Å²) in [7, 11) is 0. The zero-order valence-electron chi connectivity index (χ0n) is 15.9. The van der Waals surface area contributed by atoms with Crippen molar-refractivity contribution in [3.8, 4) is 11.4 Å². The van der Waals surface area contributed by atoms with E-state index in [0.29, 0.717) is 31.2 Å². The van der Waals surface area contributed by atoms with Crippen LogP contribution in [-0.2, 0) is 11.3 Å². The quantitative estimate of drug-likeness (QED) is 0.699. The fraction of sp³-hybridized carbons (Fsp3) is 0.318. The lowest BCUT2D eigenvalue weighted by Crippen LogP contribution is -2.24. The molecule has 1 atom stereocenters. The lowest BCUT2D eigenvalue weighted by molar-refractivity contribution is -0.128. The van der Waals surface area contributed by atoms with E-state index in [9.17, 15) is 4.79 Å². The molecule has 0 aliphatic carbocycles. The van der Waals surface area contributed by atoms with Gasteiger partial charge in [0.1, 0.15) is 0 Å². The molecule has 3 aromatic rings. The zero-order chi connectivity index (χ0) is 19.0. The molecule has 138 valence electrons. The summed E-state index contributed by atoms with van der Waals surface area (Å²) in [5.74, 6) is 1.21. The van der Waals surface area contributed by atoms with Gasteiger partial charge >= 0.3 is 0 Å². The lowest BCUT2D eigenvalue weighted by atomic mass is 10.1. The number of hydrogen-bond donors (Lipinski definition) is 0. The monoisotopic (exact) mass is 361 g/mol. The average Bonchev–Trinajstić information content (AvgIpc) is 3.25. The molecule has 27 heavy (non-hydrogen) atoms. The lowest BCUT2D eigenvalue weighted by Gasteiger charge is -2.16. The number of amides is 1. The van der Waals surface area contributed by atoms with Gasteiger partial charge in [0.2, 0.25) is 17.6 Å². The minimum atomic E-state index is -0.0462. The van der Waals surface area contributed by atoms with Crippen molar-refractivity contribution in [3.05, 3.63) is 70.6 Å². The topological polar surface area (TPSA) is 59.2 Å². The molecule has 0 saturated carbocycles. The van der Waals surface area contributed by atoms with Crippen LogP contribution in [0.1, 0.15) is 40.5 Å². The Balaban J connectivity index is 1.49. The number of rotatable bonds is 4. The van der Waals surface area contributed by atoms with Crippen LogP contribution in [0.15, 0.2) is 47.0 Å². The number of likely N-dealkylation sites (tertiary alicyclic amines) is 1. The van der Waals surface area contributed by atoms with E-state index >= 15 is 0 Å². The summed E-state index contributed by atoms with van der Waals surface area (Å²) < 4.78 is 5.50. The summed E-state index contributed by atoms with van der Waals surface area (Å²) >= 11 is 0. The Kier molecular flexibility index (Phi) is 4.52. The first kappa shape index (κ1) is 17.5. The van der Waals surface area contributed by atoms with E-state index in [-0.39, 0.29) is 11.8 Å². The van der Waals surface area contributed by atoms with Crippen molar-refractivity contribution in [3.63, 3.8) is 0 Å². The van der Waals surface area contributed by atoms with Crippen molar-refractivity contribution in [2.75, 3.05) is 6.54 Å². The first-order valence-corrected chi connectivity index (χ1v) is 9.24. The predicted octanol–water partition coefficient (Wildman–Crippen LogP) is 4.18. The van der Waals surface area contributed by atoms with Gasteiger partial charge in [-0.15, -0.1) is 0 Å². The Morgan fingerprint density at radius 3 is 2.74 bits per heavy atom. The van der Waals surface area contributed by atoms with Crippen molar-refractivity contribution in [1.82, 2.24) is 15.0 Å². The first-order valence-electron chi connectivity index (χ1n) is 9.24. The van der Waals surface area contributed by atoms with E-state index in [1.54, 1.807) is 0 Å². The number of aromatic nitrogens is 2. The molecule has 0 spiro atoms. The summed E-state index contributed by atoms with van der Waals surface area (Å²) in [6.45, 7) is 7.44. The van der Waals surface area contributed by atoms with Gasteiger partial charge in [-0.3, -0.25) is 4.79 Å². The van der Waals surface area contributed by atoms with Crippen LogP contribution in [0.2, 0.25) is 0 Å². The summed E-state index contributed by atoms with van der Waals surface area (Å²) in [4.78, 5) is 18.9. The molecule has 0 bridgehead atoms. The standard InChI is InChI=1S/C22H23N3O2/c1-14-5-4-6-17(9-14)12-25-13-19(11-20(25)26)22-23-21(24-27-22)18-8-7-15(2)16(3)10-18/h4-10,19H,11-13H2,1-3H3. The molecule has 1 amide bonds. The fourth-order valence-electron chi connectivity index (χ4n) is 3.52. The van der Waals surface area contributed by atoms with E-state index < -0.39 is 0 Å². The third-order valence-electron chi connectivity index (χ3n) is 5.23. The Bertz CT molecular complexity index is 993. The normalized spacial score (nSPS) is 16.9. The van der Waals surface area contributed by atoms with Crippen LogP contribution in [0.4, 0.5) is 0 Å². The highest BCUT2D eigenvalue weighted by atomic mass is 16.5. The van der Waals surface area contributed by atoms with Crippen LogP contribution >= 0.6 is 0 Å². The molecule has 5 heteroatoms. The number of nitrogens with zero attached hydrogens (tertiary/aromatic N) is 3. The maximum atomic E-state index is 12.4. The van der Waals surface area contributed by atoms with Gasteiger partial charge in [0.05, 0.1) is 5.92 Å². The maximum absolute atomic E-state index is 12.4. The third-order valence-corrected chi connectivity index (χ3v) is 5.23. The Hall–Kier alpha value is -2.95. The molecular formula is C22H23N3O2.